The second-order valence-electron chi connectivity index (χ2n) is 5.55. The quantitative estimate of drug-likeness (QED) is 0.673. The fraction of sp³-hybridized carbons (Fsp3) is 0.111. The Kier molecular flexibility index (Phi) is 5.18. The van der Waals surface area contributed by atoms with Crippen molar-refractivity contribution in [2.24, 2.45) is 0 Å². The van der Waals surface area contributed by atoms with Gasteiger partial charge in [-0.15, -0.1) is 0 Å². The zero-order valence-electron chi connectivity index (χ0n) is 14.1. The normalized spacial score (nSPS) is 10.6. The number of nitrogens with zero attached hydrogens (tertiary/aromatic N) is 2. The van der Waals surface area contributed by atoms with Gasteiger partial charge >= 0.3 is 0 Å². The smallest absolute Gasteiger partial charge is 0.267 e. The van der Waals surface area contributed by atoms with Gasteiger partial charge in [-0.05, 0) is 31.2 Å². The lowest BCUT2D eigenvalue weighted by molar-refractivity contribution is 0.0841. The summed E-state index contributed by atoms with van der Waals surface area (Å²) in [6.45, 7) is 1.98. The fourth-order valence-corrected chi connectivity index (χ4v) is 2.70. The van der Waals surface area contributed by atoms with Crippen LogP contribution in [0.3, 0.4) is 0 Å². The van der Waals surface area contributed by atoms with Gasteiger partial charge in [0.05, 0.1) is 10.9 Å². The minimum absolute atomic E-state index is 0.0427. The first-order chi connectivity index (χ1) is 12.9. The van der Waals surface area contributed by atoms with Crippen LogP contribution < -0.4 is 16.4 Å². The Bertz CT molecular complexity index is 1110. The van der Waals surface area contributed by atoms with Crippen LogP contribution in [0.15, 0.2) is 47.3 Å². The SMILES string of the molecule is CCn1nc(C(=O)NNC(=O)c2cc(Cl)ccc2F)c2ccccc2c1=O. The Morgan fingerprint density at radius 1 is 1.11 bits per heavy atom. The van der Waals surface area contributed by atoms with Gasteiger partial charge < -0.3 is 0 Å². The summed E-state index contributed by atoms with van der Waals surface area (Å²) in [6, 6.07) is 10.00. The van der Waals surface area contributed by atoms with Crippen molar-refractivity contribution in [3.63, 3.8) is 0 Å². The summed E-state index contributed by atoms with van der Waals surface area (Å²) in [5, 5.41) is 4.89. The number of amides is 2. The molecule has 0 radical (unpaired) electrons. The van der Waals surface area contributed by atoms with E-state index in [0.717, 1.165) is 16.8 Å². The van der Waals surface area contributed by atoms with Gasteiger partial charge in [-0.1, -0.05) is 29.8 Å². The van der Waals surface area contributed by atoms with Crippen molar-refractivity contribution in [2.75, 3.05) is 0 Å². The van der Waals surface area contributed by atoms with Crippen molar-refractivity contribution in [1.29, 1.82) is 0 Å². The zero-order chi connectivity index (χ0) is 19.6. The number of hydrazine groups is 1. The van der Waals surface area contributed by atoms with E-state index in [0.29, 0.717) is 10.8 Å². The molecule has 27 heavy (non-hydrogen) atoms. The second kappa shape index (κ2) is 7.55. The Morgan fingerprint density at radius 3 is 2.48 bits per heavy atom. The molecule has 0 aliphatic rings. The molecule has 0 saturated carbocycles. The molecule has 0 atom stereocenters. The molecular weight excluding hydrogens is 375 g/mol. The molecule has 0 aliphatic carbocycles. The van der Waals surface area contributed by atoms with Gasteiger partial charge in [-0.3, -0.25) is 25.2 Å². The molecule has 3 aromatic rings. The largest absolute Gasteiger partial charge is 0.290 e. The summed E-state index contributed by atoms with van der Waals surface area (Å²) in [5.74, 6) is -2.41. The highest BCUT2D eigenvalue weighted by Crippen LogP contribution is 2.15. The lowest BCUT2D eigenvalue weighted by Crippen LogP contribution is -2.43. The number of rotatable bonds is 3. The molecule has 138 valence electrons. The molecule has 0 saturated heterocycles. The van der Waals surface area contributed by atoms with Crippen LogP contribution in [-0.2, 0) is 6.54 Å². The minimum atomic E-state index is -0.878. The van der Waals surface area contributed by atoms with E-state index in [1.807, 2.05) is 0 Å². The van der Waals surface area contributed by atoms with Crippen molar-refractivity contribution in [3.05, 3.63) is 74.9 Å². The molecule has 9 heteroatoms. The van der Waals surface area contributed by atoms with Gasteiger partial charge in [0.2, 0.25) is 0 Å². The van der Waals surface area contributed by atoms with Gasteiger partial charge in [0.25, 0.3) is 17.4 Å². The number of carbonyl (C=O) groups excluding carboxylic acids is 2. The molecule has 7 nitrogen and oxygen atoms in total. The van der Waals surface area contributed by atoms with Gasteiger partial charge in [0.15, 0.2) is 5.69 Å². The third-order valence-corrected chi connectivity index (χ3v) is 4.08. The van der Waals surface area contributed by atoms with Crippen molar-refractivity contribution >= 4 is 34.2 Å². The Morgan fingerprint density at radius 2 is 1.78 bits per heavy atom. The van der Waals surface area contributed by atoms with E-state index in [1.165, 1.54) is 6.07 Å². The Hall–Kier alpha value is -3.26. The third-order valence-electron chi connectivity index (χ3n) is 3.84. The molecule has 0 bridgehead atoms. The van der Waals surface area contributed by atoms with Crippen LogP contribution in [-0.4, -0.2) is 21.6 Å². The highest BCUT2D eigenvalue weighted by molar-refractivity contribution is 6.31. The number of aromatic nitrogens is 2. The van der Waals surface area contributed by atoms with Crippen LogP contribution in [0.1, 0.15) is 27.8 Å². The first-order valence-corrected chi connectivity index (χ1v) is 8.35. The molecular formula is C18H14ClFN4O3. The molecule has 3 rings (SSSR count). The molecule has 0 fully saturated rings. The number of fused-ring (bicyclic) bond motifs is 1. The van der Waals surface area contributed by atoms with Crippen LogP contribution >= 0.6 is 11.6 Å². The number of hydrogen-bond donors (Lipinski definition) is 2. The number of carbonyl (C=O) groups is 2. The van der Waals surface area contributed by atoms with Crippen molar-refractivity contribution in [1.82, 2.24) is 20.6 Å². The summed E-state index contributed by atoms with van der Waals surface area (Å²) < 4.78 is 14.9. The van der Waals surface area contributed by atoms with Gasteiger partial charge in [0, 0.05) is 17.0 Å². The summed E-state index contributed by atoms with van der Waals surface area (Å²) in [5.41, 5.74) is 3.61. The lowest BCUT2D eigenvalue weighted by atomic mass is 10.1. The van der Waals surface area contributed by atoms with Crippen LogP contribution in [0, 0.1) is 5.82 Å². The predicted molar refractivity (Wildman–Crippen MR) is 98.0 cm³/mol. The van der Waals surface area contributed by atoms with E-state index in [-0.39, 0.29) is 28.4 Å². The summed E-state index contributed by atoms with van der Waals surface area (Å²) in [4.78, 5) is 36.9. The van der Waals surface area contributed by atoms with Crippen LogP contribution in [0.2, 0.25) is 5.02 Å². The summed E-state index contributed by atoms with van der Waals surface area (Å²) in [6.07, 6.45) is 0. The monoisotopic (exact) mass is 388 g/mol. The number of aryl methyl sites for hydroxylation is 1. The summed E-state index contributed by atoms with van der Waals surface area (Å²) in [7, 11) is 0. The maximum Gasteiger partial charge on any atom is 0.290 e. The highest BCUT2D eigenvalue weighted by Gasteiger charge is 2.18. The highest BCUT2D eigenvalue weighted by atomic mass is 35.5. The average molecular weight is 389 g/mol. The van der Waals surface area contributed by atoms with E-state index >= 15 is 0 Å². The van der Waals surface area contributed by atoms with E-state index in [1.54, 1.807) is 31.2 Å². The fourth-order valence-electron chi connectivity index (χ4n) is 2.53. The maximum absolute atomic E-state index is 13.7. The van der Waals surface area contributed by atoms with Crippen molar-refractivity contribution in [2.45, 2.75) is 13.5 Å². The van der Waals surface area contributed by atoms with Crippen LogP contribution in [0.4, 0.5) is 4.39 Å². The molecule has 0 unspecified atom stereocenters. The Balaban J connectivity index is 1.89. The zero-order valence-corrected chi connectivity index (χ0v) is 14.9. The second-order valence-corrected chi connectivity index (χ2v) is 5.98. The predicted octanol–water partition coefficient (Wildman–Crippen LogP) is 2.28. The van der Waals surface area contributed by atoms with E-state index in [4.69, 9.17) is 11.6 Å². The molecule has 2 N–H and O–H groups in total. The first-order valence-electron chi connectivity index (χ1n) is 7.98. The number of benzene rings is 2. The summed E-state index contributed by atoms with van der Waals surface area (Å²) >= 11 is 5.76. The van der Waals surface area contributed by atoms with E-state index < -0.39 is 17.6 Å². The minimum Gasteiger partial charge on any atom is -0.267 e. The average Bonchev–Trinajstić information content (AvgIpc) is 2.68. The molecule has 1 heterocycles. The molecule has 2 amide bonds. The first kappa shape index (κ1) is 18.5. The lowest BCUT2D eigenvalue weighted by Gasteiger charge is -2.11. The van der Waals surface area contributed by atoms with Crippen molar-refractivity contribution < 1.29 is 14.0 Å². The van der Waals surface area contributed by atoms with Gasteiger partial charge in [-0.2, -0.15) is 5.10 Å². The van der Waals surface area contributed by atoms with E-state index in [9.17, 15) is 18.8 Å². The Labute approximate surface area is 157 Å². The standard InChI is InChI=1S/C18H14ClFN4O3/c1-2-24-18(27)12-6-4-3-5-11(12)15(23-24)17(26)22-21-16(25)13-9-10(19)7-8-14(13)20/h3-9H,2H2,1H3,(H,21,25)(H,22,26). The topological polar surface area (TPSA) is 93.1 Å². The maximum atomic E-state index is 13.7. The van der Waals surface area contributed by atoms with Crippen molar-refractivity contribution in [3.8, 4) is 0 Å². The molecule has 1 aromatic heterocycles. The van der Waals surface area contributed by atoms with Crippen LogP contribution in [0.5, 0.6) is 0 Å². The van der Waals surface area contributed by atoms with Crippen LogP contribution in [0.25, 0.3) is 10.8 Å². The number of halogens is 2. The van der Waals surface area contributed by atoms with Gasteiger partial charge in [0.1, 0.15) is 5.82 Å². The molecule has 0 aliphatic heterocycles. The van der Waals surface area contributed by atoms with Gasteiger partial charge in [-0.25, -0.2) is 9.07 Å². The third kappa shape index (κ3) is 3.65. The molecule has 2 aromatic carbocycles. The number of hydrogen-bond acceptors (Lipinski definition) is 4. The number of nitrogens with one attached hydrogen (secondary N) is 2. The van der Waals surface area contributed by atoms with E-state index in [2.05, 4.69) is 16.0 Å². The molecule has 0 spiro atoms.